The van der Waals surface area contributed by atoms with Crippen molar-refractivity contribution in [2.24, 2.45) is 0 Å². The maximum Gasteiger partial charge on any atom is 0.245 e. The minimum absolute atomic E-state index is 0.00763. The van der Waals surface area contributed by atoms with Crippen LogP contribution in [0.15, 0.2) is 0 Å². The number of rotatable bonds is 5. The van der Waals surface area contributed by atoms with Gasteiger partial charge in [0.2, 0.25) is 17.7 Å². The molecule has 2 aliphatic rings. The van der Waals surface area contributed by atoms with Crippen LogP contribution in [0.3, 0.4) is 0 Å². The molecule has 9 heteroatoms. The van der Waals surface area contributed by atoms with E-state index in [1.54, 1.807) is 14.1 Å². The van der Waals surface area contributed by atoms with E-state index in [0.29, 0.717) is 32.2 Å². The second-order valence-electron chi connectivity index (χ2n) is 6.91. The SMILES string of the molecule is CN(C)C(=O)CN1CCCC(NC(=O)C2(S(C)(=N)=O)CCC2)C1=O. The number of amides is 3. The number of nitrogens with one attached hydrogen (secondary N) is 2. The van der Waals surface area contributed by atoms with Gasteiger partial charge in [0.25, 0.3) is 0 Å². The molecule has 1 aliphatic carbocycles. The van der Waals surface area contributed by atoms with Crippen LogP contribution in [-0.2, 0) is 24.1 Å². The summed E-state index contributed by atoms with van der Waals surface area (Å²) in [6.45, 7) is 0.477. The lowest BCUT2D eigenvalue weighted by Crippen LogP contribution is -2.61. The Hall–Kier alpha value is -1.64. The molecule has 3 amide bonds. The molecule has 0 aromatic rings. The number of piperidine rings is 1. The van der Waals surface area contributed by atoms with E-state index in [9.17, 15) is 18.6 Å². The summed E-state index contributed by atoms with van der Waals surface area (Å²) in [7, 11) is 0.218. The second kappa shape index (κ2) is 6.70. The average molecular weight is 358 g/mol. The van der Waals surface area contributed by atoms with Crippen LogP contribution >= 0.6 is 0 Å². The predicted octanol–water partition coefficient (Wildman–Crippen LogP) is -0.219. The minimum Gasteiger partial charge on any atom is -0.347 e. The van der Waals surface area contributed by atoms with E-state index in [1.165, 1.54) is 16.1 Å². The highest BCUT2D eigenvalue weighted by Gasteiger charge is 2.51. The van der Waals surface area contributed by atoms with Crippen molar-refractivity contribution in [2.75, 3.05) is 33.4 Å². The molecule has 2 fully saturated rings. The van der Waals surface area contributed by atoms with Crippen LogP contribution in [0.25, 0.3) is 0 Å². The Morgan fingerprint density at radius 1 is 1.38 bits per heavy atom. The van der Waals surface area contributed by atoms with Crippen LogP contribution in [-0.4, -0.2) is 76.0 Å². The maximum absolute atomic E-state index is 12.6. The van der Waals surface area contributed by atoms with Gasteiger partial charge < -0.3 is 15.1 Å². The van der Waals surface area contributed by atoms with Gasteiger partial charge in [0.05, 0.1) is 16.3 Å². The molecular weight excluding hydrogens is 332 g/mol. The van der Waals surface area contributed by atoms with Crippen LogP contribution in [0.1, 0.15) is 32.1 Å². The van der Waals surface area contributed by atoms with Crippen LogP contribution in [0.5, 0.6) is 0 Å². The fraction of sp³-hybridized carbons (Fsp3) is 0.800. The van der Waals surface area contributed by atoms with Gasteiger partial charge >= 0.3 is 0 Å². The highest BCUT2D eigenvalue weighted by Crippen LogP contribution is 2.39. The van der Waals surface area contributed by atoms with E-state index in [1.807, 2.05) is 0 Å². The first-order valence-corrected chi connectivity index (χ1v) is 10.1. The van der Waals surface area contributed by atoms with Gasteiger partial charge in [-0.15, -0.1) is 0 Å². The molecule has 8 nitrogen and oxygen atoms in total. The van der Waals surface area contributed by atoms with Gasteiger partial charge in [-0.05, 0) is 32.1 Å². The third-order valence-corrected chi connectivity index (χ3v) is 7.07. The normalized spacial score (nSPS) is 25.4. The highest BCUT2D eigenvalue weighted by atomic mass is 32.2. The van der Waals surface area contributed by atoms with E-state index in [-0.39, 0.29) is 18.4 Å². The summed E-state index contributed by atoms with van der Waals surface area (Å²) in [6, 6.07) is -0.708. The highest BCUT2D eigenvalue weighted by molar-refractivity contribution is 7.94. The van der Waals surface area contributed by atoms with E-state index >= 15 is 0 Å². The summed E-state index contributed by atoms with van der Waals surface area (Å²) in [5, 5.41) is 2.70. The van der Waals surface area contributed by atoms with Gasteiger partial charge in [0.1, 0.15) is 10.8 Å². The Labute approximate surface area is 142 Å². The largest absolute Gasteiger partial charge is 0.347 e. The molecule has 136 valence electrons. The van der Waals surface area contributed by atoms with Crippen molar-refractivity contribution in [3.8, 4) is 0 Å². The first-order valence-electron chi connectivity index (χ1n) is 8.12. The molecule has 1 heterocycles. The van der Waals surface area contributed by atoms with Crippen LogP contribution < -0.4 is 5.32 Å². The Morgan fingerprint density at radius 3 is 2.46 bits per heavy atom. The zero-order valence-corrected chi connectivity index (χ0v) is 15.3. The van der Waals surface area contributed by atoms with Gasteiger partial charge in [-0.1, -0.05) is 0 Å². The molecular formula is C15H26N4O4S. The quantitative estimate of drug-likeness (QED) is 0.708. The number of carbonyl (C=O) groups excluding carboxylic acids is 3. The molecule has 2 rings (SSSR count). The molecule has 1 aliphatic heterocycles. The number of nitrogens with zero attached hydrogens (tertiary/aromatic N) is 2. The summed E-state index contributed by atoms with van der Waals surface area (Å²) in [4.78, 5) is 39.8. The molecule has 2 unspecified atom stereocenters. The van der Waals surface area contributed by atoms with E-state index in [4.69, 9.17) is 4.78 Å². The van der Waals surface area contributed by atoms with Crippen molar-refractivity contribution in [2.45, 2.75) is 42.9 Å². The standard InChI is InChI=1S/C15H26N4O4S/c1-18(2)12(20)10-19-9-4-6-11(13(19)21)17-14(22)15(7-5-8-15)24(3,16)23/h11,16H,4-10H2,1-3H3,(H,17,22). The molecule has 1 saturated heterocycles. The lowest BCUT2D eigenvalue weighted by molar-refractivity contribution is -0.144. The first-order chi connectivity index (χ1) is 11.1. The maximum atomic E-state index is 12.6. The monoisotopic (exact) mass is 358 g/mol. The lowest BCUT2D eigenvalue weighted by Gasteiger charge is -2.41. The second-order valence-corrected chi connectivity index (χ2v) is 9.38. The number of likely N-dealkylation sites (tertiary alicyclic amines) is 1. The smallest absolute Gasteiger partial charge is 0.245 e. The lowest BCUT2D eigenvalue weighted by atomic mass is 9.83. The number of hydrogen-bond acceptors (Lipinski definition) is 5. The minimum atomic E-state index is -3.04. The Kier molecular flexibility index (Phi) is 5.22. The third kappa shape index (κ3) is 3.40. The summed E-state index contributed by atoms with van der Waals surface area (Å²) >= 11 is 0. The molecule has 0 aromatic carbocycles. The van der Waals surface area contributed by atoms with Gasteiger partial charge in [-0.25, -0.2) is 4.21 Å². The molecule has 1 saturated carbocycles. The van der Waals surface area contributed by atoms with Gasteiger partial charge in [-0.2, -0.15) is 0 Å². The molecule has 24 heavy (non-hydrogen) atoms. The molecule has 0 spiro atoms. The van der Waals surface area contributed by atoms with E-state index in [0.717, 1.165) is 6.42 Å². The number of carbonyl (C=O) groups is 3. The summed E-state index contributed by atoms with van der Waals surface area (Å²) in [5.74, 6) is -0.921. The topological polar surface area (TPSA) is 111 Å². The average Bonchev–Trinajstić information content (AvgIpc) is 2.39. The predicted molar refractivity (Wildman–Crippen MR) is 89.8 cm³/mol. The Balaban J connectivity index is 2.05. The van der Waals surface area contributed by atoms with Crippen molar-refractivity contribution in [3.63, 3.8) is 0 Å². The zero-order chi connectivity index (χ0) is 18.1. The van der Waals surface area contributed by atoms with Crippen molar-refractivity contribution >= 4 is 27.5 Å². The van der Waals surface area contributed by atoms with Crippen molar-refractivity contribution in [1.82, 2.24) is 15.1 Å². The van der Waals surface area contributed by atoms with Gasteiger partial charge in [0.15, 0.2) is 0 Å². The summed E-state index contributed by atoms with van der Waals surface area (Å²) in [6.07, 6.45) is 4.07. The molecule has 0 bridgehead atoms. The molecule has 0 aromatic heterocycles. The van der Waals surface area contributed by atoms with Gasteiger partial charge in [0, 0.05) is 26.9 Å². The van der Waals surface area contributed by atoms with Crippen LogP contribution in [0.4, 0.5) is 0 Å². The van der Waals surface area contributed by atoms with E-state index in [2.05, 4.69) is 5.32 Å². The summed E-state index contributed by atoms with van der Waals surface area (Å²) < 4.78 is 18.9. The zero-order valence-electron chi connectivity index (χ0n) is 14.5. The number of likely N-dealkylation sites (N-methyl/N-ethyl adjacent to an activating group) is 1. The van der Waals surface area contributed by atoms with E-state index < -0.39 is 26.4 Å². The van der Waals surface area contributed by atoms with Crippen molar-refractivity contribution < 1.29 is 18.6 Å². The fourth-order valence-corrected chi connectivity index (χ4v) is 4.60. The Morgan fingerprint density at radius 2 is 2.00 bits per heavy atom. The molecule has 0 radical (unpaired) electrons. The van der Waals surface area contributed by atoms with Crippen molar-refractivity contribution in [1.29, 1.82) is 4.78 Å². The summed E-state index contributed by atoms with van der Waals surface area (Å²) in [5.41, 5.74) is 0. The first kappa shape index (κ1) is 18.7. The van der Waals surface area contributed by atoms with Crippen LogP contribution in [0.2, 0.25) is 0 Å². The Bertz CT molecular complexity index is 640. The third-order valence-electron chi connectivity index (χ3n) is 4.98. The fourth-order valence-electron chi connectivity index (χ4n) is 3.12. The van der Waals surface area contributed by atoms with Gasteiger partial charge in [-0.3, -0.25) is 19.2 Å². The number of hydrogen-bond donors (Lipinski definition) is 2. The van der Waals surface area contributed by atoms with Crippen molar-refractivity contribution in [3.05, 3.63) is 0 Å². The van der Waals surface area contributed by atoms with Crippen LogP contribution in [0, 0.1) is 4.78 Å². The molecule has 2 atom stereocenters. The molecule has 2 N–H and O–H groups in total.